The van der Waals surface area contributed by atoms with Gasteiger partial charge in [-0.05, 0) is 38.8 Å². The fourth-order valence-corrected chi connectivity index (χ4v) is 3.28. The van der Waals surface area contributed by atoms with E-state index in [4.69, 9.17) is 4.74 Å². The van der Waals surface area contributed by atoms with E-state index in [1.165, 1.54) is 20.0 Å². The molecule has 1 aliphatic rings. The first kappa shape index (κ1) is 15.0. The van der Waals surface area contributed by atoms with Crippen molar-refractivity contribution in [2.45, 2.75) is 51.1 Å². The number of hydrogen-bond donors (Lipinski definition) is 0. The summed E-state index contributed by atoms with van der Waals surface area (Å²) in [5, 5.41) is 0. The predicted molar refractivity (Wildman–Crippen MR) is 80.7 cm³/mol. The van der Waals surface area contributed by atoms with E-state index in [1.807, 2.05) is 30.3 Å². The zero-order valence-electron chi connectivity index (χ0n) is 12.7. The molecule has 20 heavy (non-hydrogen) atoms. The van der Waals surface area contributed by atoms with E-state index >= 15 is 0 Å². The van der Waals surface area contributed by atoms with Gasteiger partial charge in [0.25, 0.3) is 0 Å². The Balaban J connectivity index is 2.32. The van der Waals surface area contributed by atoms with Gasteiger partial charge in [0.15, 0.2) is 0 Å². The SMILES string of the molecule is COC(=O)C(c1ccccc1)C1CCCCN1C(C)C. The van der Waals surface area contributed by atoms with Crippen LogP contribution in [0, 0.1) is 0 Å². The molecular weight excluding hydrogens is 250 g/mol. The lowest BCUT2D eigenvalue weighted by Crippen LogP contribution is -2.48. The van der Waals surface area contributed by atoms with Gasteiger partial charge in [0, 0.05) is 12.1 Å². The molecule has 110 valence electrons. The highest BCUT2D eigenvalue weighted by Gasteiger charge is 2.37. The van der Waals surface area contributed by atoms with Gasteiger partial charge in [-0.25, -0.2) is 0 Å². The van der Waals surface area contributed by atoms with Gasteiger partial charge < -0.3 is 4.74 Å². The summed E-state index contributed by atoms with van der Waals surface area (Å²) in [5.74, 6) is -0.294. The van der Waals surface area contributed by atoms with Crippen molar-refractivity contribution in [2.24, 2.45) is 0 Å². The molecule has 1 fully saturated rings. The second-order valence-electron chi connectivity index (χ2n) is 5.81. The molecule has 2 unspecified atom stereocenters. The zero-order valence-corrected chi connectivity index (χ0v) is 12.7. The summed E-state index contributed by atoms with van der Waals surface area (Å²) in [6, 6.07) is 10.7. The summed E-state index contributed by atoms with van der Waals surface area (Å²) in [7, 11) is 1.49. The molecule has 0 aromatic heterocycles. The standard InChI is InChI=1S/C17H25NO2/c1-13(2)18-12-8-7-11-15(18)16(17(19)20-3)14-9-5-4-6-10-14/h4-6,9-10,13,15-16H,7-8,11-12H2,1-3H3. The Labute approximate surface area is 121 Å². The molecule has 1 aromatic rings. The van der Waals surface area contributed by atoms with Crippen LogP contribution in [0.15, 0.2) is 30.3 Å². The lowest BCUT2D eigenvalue weighted by atomic mass is 9.84. The number of rotatable bonds is 4. The first-order valence-electron chi connectivity index (χ1n) is 7.53. The highest BCUT2D eigenvalue weighted by atomic mass is 16.5. The Morgan fingerprint density at radius 1 is 1.25 bits per heavy atom. The molecule has 3 heteroatoms. The fourth-order valence-electron chi connectivity index (χ4n) is 3.28. The van der Waals surface area contributed by atoms with Crippen molar-refractivity contribution in [3.63, 3.8) is 0 Å². The van der Waals surface area contributed by atoms with Crippen LogP contribution in [0.3, 0.4) is 0 Å². The Kier molecular flexibility index (Phi) is 5.18. The number of carbonyl (C=O) groups excluding carboxylic acids is 1. The predicted octanol–water partition coefficient (Wildman–Crippen LogP) is 3.21. The summed E-state index contributed by atoms with van der Waals surface area (Å²) in [5.41, 5.74) is 1.07. The highest BCUT2D eigenvalue weighted by molar-refractivity contribution is 5.79. The van der Waals surface area contributed by atoms with Gasteiger partial charge in [-0.2, -0.15) is 0 Å². The Hall–Kier alpha value is -1.35. The second kappa shape index (κ2) is 6.89. The van der Waals surface area contributed by atoms with Crippen LogP contribution in [-0.4, -0.2) is 36.6 Å². The molecule has 0 spiro atoms. The van der Waals surface area contributed by atoms with Crippen molar-refractivity contribution in [1.82, 2.24) is 4.90 Å². The molecule has 2 atom stereocenters. The maximum atomic E-state index is 12.3. The van der Waals surface area contributed by atoms with Crippen molar-refractivity contribution in [3.05, 3.63) is 35.9 Å². The molecule has 1 aromatic carbocycles. The third-order valence-electron chi connectivity index (χ3n) is 4.25. The lowest BCUT2D eigenvalue weighted by Gasteiger charge is -2.42. The highest BCUT2D eigenvalue weighted by Crippen LogP contribution is 2.32. The monoisotopic (exact) mass is 275 g/mol. The average molecular weight is 275 g/mol. The molecule has 3 nitrogen and oxygen atoms in total. The van der Waals surface area contributed by atoms with Crippen LogP contribution in [0.2, 0.25) is 0 Å². The van der Waals surface area contributed by atoms with Gasteiger partial charge in [0.2, 0.25) is 0 Å². The van der Waals surface area contributed by atoms with E-state index in [-0.39, 0.29) is 17.9 Å². The maximum Gasteiger partial charge on any atom is 0.314 e. The van der Waals surface area contributed by atoms with Gasteiger partial charge in [-0.3, -0.25) is 9.69 Å². The molecule has 0 aliphatic carbocycles. The summed E-state index contributed by atoms with van der Waals surface area (Å²) in [6.45, 7) is 5.48. The van der Waals surface area contributed by atoms with Gasteiger partial charge >= 0.3 is 5.97 Å². The van der Waals surface area contributed by atoms with Crippen LogP contribution in [-0.2, 0) is 9.53 Å². The molecule has 0 radical (unpaired) electrons. The average Bonchev–Trinajstić information content (AvgIpc) is 2.48. The molecule has 0 bridgehead atoms. The van der Waals surface area contributed by atoms with Crippen molar-refractivity contribution < 1.29 is 9.53 Å². The summed E-state index contributed by atoms with van der Waals surface area (Å²) in [4.78, 5) is 14.8. The Morgan fingerprint density at radius 2 is 1.95 bits per heavy atom. The van der Waals surface area contributed by atoms with Crippen LogP contribution in [0.4, 0.5) is 0 Å². The maximum absolute atomic E-state index is 12.3. The largest absolute Gasteiger partial charge is 0.469 e. The molecule has 2 rings (SSSR count). The topological polar surface area (TPSA) is 29.5 Å². The van der Waals surface area contributed by atoms with E-state index in [0.717, 1.165) is 18.5 Å². The van der Waals surface area contributed by atoms with Gasteiger partial charge in [0.05, 0.1) is 13.0 Å². The quantitative estimate of drug-likeness (QED) is 0.790. The molecular formula is C17H25NO2. The number of ether oxygens (including phenoxy) is 1. The number of benzene rings is 1. The summed E-state index contributed by atoms with van der Waals surface area (Å²) in [6.07, 6.45) is 3.47. The molecule has 0 N–H and O–H groups in total. The van der Waals surface area contributed by atoms with E-state index in [0.29, 0.717) is 6.04 Å². The minimum absolute atomic E-state index is 0.117. The summed E-state index contributed by atoms with van der Waals surface area (Å²) >= 11 is 0. The first-order valence-corrected chi connectivity index (χ1v) is 7.53. The number of likely N-dealkylation sites (tertiary alicyclic amines) is 1. The first-order chi connectivity index (χ1) is 9.65. The van der Waals surface area contributed by atoms with Crippen LogP contribution >= 0.6 is 0 Å². The minimum atomic E-state index is -0.177. The van der Waals surface area contributed by atoms with Crippen molar-refractivity contribution >= 4 is 5.97 Å². The number of methoxy groups -OCH3 is 1. The van der Waals surface area contributed by atoms with Crippen LogP contribution in [0.5, 0.6) is 0 Å². The molecule has 1 heterocycles. The number of esters is 1. The Morgan fingerprint density at radius 3 is 2.55 bits per heavy atom. The van der Waals surface area contributed by atoms with Crippen LogP contribution in [0.25, 0.3) is 0 Å². The summed E-state index contributed by atoms with van der Waals surface area (Å²) < 4.78 is 5.08. The number of carbonyl (C=O) groups is 1. The van der Waals surface area contributed by atoms with Crippen molar-refractivity contribution in [3.8, 4) is 0 Å². The van der Waals surface area contributed by atoms with E-state index in [2.05, 4.69) is 18.7 Å². The van der Waals surface area contributed by atoms with Crippen molar-refractivity contribution in [2.75, 3.05) is 13.7 Å². The minimum Gasteiger partial charge on any atom is -0.469 e. The van der Waals surface area contributed by atoms with E-state index in [1.54, 1.807) is 0 Å². The van der Waals surface area contributed by atoms with Crippen molar-refractivity contribution in [1.29, 1.82) is 0 Å². The molecule has 1 aliphatic heterocycles. The van der Waals surface area contributed by atoms with Gasteiger partial charge in [-0.1, -0.05) is 36.8 Å². The fraction of sp³-hybridized carbons (Fsp3) is 0.588. The second-order valence-corrected chi connectivity index (χ2v) is 5.81. The molecule has 1 saturated heterocycles. The number of hydrogen-bond acceptors (Lipinski definition) is 3. The normalized spacial score (nSPS) is 21.7. The van der Waals surface area contributed by atoms with E-state index in [9.17, 15) is 4.79 Å². The Bertz CT molecular complexity index is 430. The van der Waals surface area contributed by atoms with Gasteiger partial charge in [0.1, 0.15) is 0 Å². The third kappa shape index (κ3) is 3.21. The van der Waals surface area contributed by atoms with Crippen LogP contribution < -0.4 is 0 Å². The smallest absolute Gasteiger partial charge is 0.314 e. The lowest BCUT2D eigenvalue weighted by molar-refractivity contribution is -0.145. The number of nitrogens with zero attached hydrogens (tertiary/aromatic N) is 1. The number of piperidine rings is 1. The van der Waals surface area contributed by atoms with Crippen LogP contribution in [0.1, 0.15) is 44.6 Å². The third-order valence-corrected chi connectivity index (χ3v) is 4.25. The zero-order chi connectivity index (χ0) is 14.5. The van der Waals surface area contributed by atoms with E-state index < -0.39 is 0 Å². The van der Waals surface area contributed by atoms with Gasteiger partial charge in [-0.15, -0.1) is 0 Å². The molecule has 0 saturated carbocycles. The molecule has 0 amide bonds.